The lowest BCUT2D eigenvalue weighted by Crippen LogP contribution is -2.10. The summed E-state index contributed by atoms with van der Waals surface area (Å²) in [4.78, 5) is 18.8. The molecule has 0 bridgehead atoms. The van der Waals surface area contributed by atoms with E-state index in [0.717, 1.165) is 0 Å². The number of hydrogen-bond donors (Lipinski definition) is 1. The molecule has 3 aromatic rings. The van der Waals surface area contributed by atoms with Crippen LogP contribution in [0.1, 0.15) is 12.0 Å². The standard InChI is InChI=1S/C15H10F2N2O/c16-13(17)9-5-1-2-6-10(9)14-18-12-8-4-3-7-11(12)15(20)19-14/h1-8,13H,(H,18,19,20). The van der Waals surface area contributed by atoms with Crippen LogP contribution in [0, 0.1) is 0 Å². The smallest absolute Gasteiger partial charge is 0.264 e. The van der Waals surface area contributed by atoms with E-state index in [2.05, 4.69) is 9.97 Å². The molecule has 5 heteroatoms. The highest BCUT2D eigenvalue weighted by molar-refractivity contribution is 5.79. The van der Waals surface area contributed by atoms with Crippen molar-refractivity contribution in [3.05, 3.63) is 64.4 Å². The number of nitrogens with one attached hydrogen (secondary N) is 1. The predicted molar refractivity (Wildman–Crippen MR) is 72.8 cm³/mol. The Bertz CT molecular complexity index is 827. The third kappa shape index (κ3) is 2.07. The number of halogens is 2. The monoisotopic (exact) mass is 272 g/mol. The van der Waals surface area contributed by atoms with Crippen LogP contribution < -0.4 is 5.56 Å². The summed E-state index contributed by atoms with van der Waals surface area (Å²) in [5, 5.41) is 0.436. The fraction of sp³-hybridized carbons (Fsp3) is 0.0667. The van der Waals surface area contributed by atoms with Crippen molar-refractivity contribution in [3.8, 4) is 11.4 Å². The van der Waals surface area contributed by atoms with Gasteiger partial charge < -0.3 is 4.98 Å². The van der Waals surface area contributed by atoms with Crippen LogP contribution in [-0.4, -0.2) is 9.97 Å². The van der Waals surface area contributed by atoms with Crippen molar-refractivity contribution in [2.24, 2.45) is 0 Å². The Morgan fingerprint density at radius 3 is 2.50 bits per heavy atom. The first kappa shape index (κ1) is 12.5. The average molecular weight is 272 g/mol. The van der Waals surface area contributed by atoms with Gasteiger partial charge in [-0.1, -0.05) is 36.4 Å². The molecule has 0 fully saturated rings. The van der Waals surface area contributed by atoms with Crippen molar-refractivity contribution in [2.45, 2.75) is 6.43 Å². The van der Waals surface area contributed by atoms with Gasteiger partial charge in [-0.2, -0.15) is 0 Å². The molecule has 1 heterocycles. The molecule has 100 valence electrons. The molecule has 3 rings (SSSR count). The Hall–Kier alpha value is -2.56. The van der Waals surface area contributed by atoms with Crippen LogP contribution in [0.25, 0.3) is 22.3 Å². The highest BCUT2D eigenvalue weighted by Crippen LogP contribution is 2.28. The minimum Gasteiger partial charge on any atom is -0.306 e. The Kier molecular flexibility index (Phi) is 3.02. The van der Waals surface area contributed by atoms with E-state index in [1.807, 2.05) is 0 Å². The minimum atomic E-state index is -2.62. The molecular formula is C15H10F2N2O. The van der Waals surface area contributed by atoms with Crippen LogP contribution >= 0.6 is 0 Å². The molecule has 3 nitrogen and oxygen atoms in total. The number of fused-ring (bicyclic) bond motifs is 1. The molecule has 0 spiro atoms. The summed E-state index contributed by atoms with van der Waals surface area (Å²) in [5.74, 6) is 0.157. The zero-order chi connectivity index (χ0) is 14.1. The Morgan fingerprint density at radius 2 is 1.70 bits per heavy atom. The third-order valence-corrected chi connectivity index (χ3v) is 3.06. The normalized spacial score (nSPS) is 11.2. The topological polar surface area (TPSA) is 45.8 Å². The van der Waals surface area contributed by atoms with Gasteiger partial charge in [0.1, 0.15) is 5.82 Å². The third-order valence-electron chi connectivity index (χ3n) is 3.06. The Morgan fingerprint density at radius 1 is 1.00 bits per heavy atom. The van der Waals surface area contributed by atoms with E-state index in [0.29, 0.717) is 10.9 Å². The van der Waals surface area contributed by atoms with Gasteiger partial charge in [-0.15, -0.1) is 0 Å². The summed E-state index contributed by atoms with van der Waals surface area (Å²) >= 11 is 0. The molecule has 1 N–H and O–H groups in total. The van der Waals surface area contributed by atoms with Gasteiger partial charge in [0.2, 0.25) is 0 Å². The molecule has 0 amide bonds. The first-order valence-electron chi connectivity index (χ1n) is 6.03. The zero-order valence-electron chi connectivity index (χ0n) is 10.3. The molecule has 0 saturated heterocycles. The van der Waals surface area contributed by atoms with Crippen LogP contribution in [0.3, 0.4) is 0 Å². The van der Waals surface area contributed by atoms with Gasteiger partial charge in [0, 0.05) is 11.1 Å². The number of rotatable bonds is 2. The van der Waals surface area contributed by atoms with E-state index in [9.17, 15) is 13.6 Å². The quantitative estimate of drug-likeness (QED) is 0.775. The van der Waals surface area contributed by atoms with E-state index < -0.39 is 6.43 Å². The fourth-order valence-electron chi connectivity index (χ4n) is 2.12. The maximum Gasteiger partial charge on any atom is 0.264 e. The number of H-pyrrole nitrogens is 1. The SMILES string of the molecule is O=c1[nH]c(-c2ccccc2C(F)F)nc2ccccc12. The van der Waals surface area contributed by atoms with E-state index in [1.165, 1.54) is 18.2 Å². The van der Waals surface area contributed by atoms with Crippen molar-refractivity contribution < 1.29 is 8.78 Å². The first-order valence-corrected chi connectivity index (χ1v) is 6.03. The van der Waals surface area contributed by atoms with Crippen LogP contribution in [0.4, 0.5) is 8.78 Å². The molecule has 20 heavy (non-hydrogen) atoms. The molecule has 0 radical (unpaired) electrons. The first-order chi connectivity index (χ1) is 9.66. The summed E-state index contributed by atoms with van der Waals surface area (Å²) in [6.07, 6.45) is -2.62. The lowest BCUT2D eigenvalue weighted by molar-refractivity contribution is 0.152. The molecule has 0 aliphatic rings. The van der Waals surface area contributed by atoms with Crippen LogP contribution in [0.5, 0.6) is 0 Å². The second kappa shape index (κ2) is 4.85. The second-order valence-corrected chi connectivity index (χ2v) is 4.32. The van der Waals surface area contributed by atoms with Crippen LogP contribution in [0.2, 0.25) is 0 Å². The number of alkyl halides is 2. The molecule has 0 atom stereocenters. The van der Waals surface area contributed by atoms with E-state index in [4.69, 9.17) is 0 Å². The molecule has 0 aliphatic carbocycles. The number of benzene rings is 2. The highest BCUT2D eigenvalue weighted by atomic mass is 19.3. The summed E-state index contributed by atoms with van der Waals surface area (Å²) < 4.78 is 26.0. The van der Waals surface area contributed by atoms with Crippen molar-refractivity contribution in [1.29, 1.82) is 0 Å². The van der Waals surface area contributed by atoms with Gasteiger partial charge in [-0.05, 0) is 12.1 Å². The number of para-hydroxylation sites is 1. The Balaban J connectivity index is 2.28. The second-order valence-electron chi connectivity index (χ2n) is 4.32. The van der Waals surface area contributed by atoms with Crippen molar-refractivity contribution in [2.75, 3.05) is 0 Å². The predicted octanol–water partition coefficient (Wildman–Crippen LogP) is 3.53. The van der Waals surface area contributed by atoms with Crippen molar-refractivity contribution in [3.63, 3.8) is 0 Å². The maximum absolute atomic E-state index is 13.0. The molecule has 1 aromatic heterocycles. The summed E-state index contributed by atoms with van der Waals surface area (Å²) in [6.45, 7) is 0. The van der Waals surface area contributed by atoms with Gasteiger partial charge >= 0.3 is 0 Å². The molecule has 0 unspecified atom stereocenters. The summed E-state index contributed by atoms with van der Waals surface area (Å²) in [5.41, 5.74) is 0.237. The maximum atomic E-state index is 13.0. The molecular weight excluding hydrogens is 262 g/mol. The number of aromatic amines is 1. The molecule has 0 aliphatic heterocycles. The summed E-state index contributed by atoms with van der Waals surface area (Å²) in [7, 11) is 0. The van der Waals surface area contributed by atoms with E-state index >= 15 is 0 Å². The highest BCUT2D eigenvalue weighted by Gasteiger charge is 2.15. The van der Waals surface area contributed by atoms with Gasteiger partial charge in [-0.3, -0.25) is 4.79 Å². The molecule has 0 saturated carbocycles. The molecule has 2 aromatic carbocycles. The zero-order valence-corrected chi connectivity index (χ0v) is 10.3. The Labute approximate surface area is 112 Å². The van der Waals surface area contributed by atoms with E-state index in [-0.39, 0.29) is 22.5 Å². The van der Waals surface area contributed by atoms with Crippen LogP contribution in [0.15, 0.2) is 53.3 Å². The number of aromatic nitrogens is 2. The van der Waals surface area contributed by atoms with Crippen LogP contribution in [-0.2, 0) is 0 Å². The summed E-state index contributed by atoms with van der Waals surface area (Å²) in [6, 6.07) is 12.8. The lowest BCUT2D eigenvalue weighted by Gasteiger charge is -2.08. The van der Waals surface area contributed by atoms with Crippen molar-refractivity contribution >= 4 is 10.9 Å². The number of nitrogens with zero attached hydrogens (tertiary/aromatic N) is 1. The largest absolute Gasteiger partial charge is 0.306 e. The lowest BCUT2D eigenvalue weighted by atomic mass is 10.1. The fourth-order valence-corrected chi connectivity index (χ4v) is 2.12. The van der Waals surface area contributed by atoms with Gasteiger partial charge in [0.15, 0.2) is 0 Å². The average Bonchev–Trinajstić information content (AvgIpc) is 2.47. The minimum absolute atomic E-state index is 0.147. The van der Waals surface area contributed by atoms with E-state index in [1.54, 1.807) is 30.3 Å². The van der Waals surface area contributed by atoms with Crippen molar-refractivity contribution in [1.82, 2.24) is 9.97 Å². The van der Waals surface area contributed by atoms with Gasteiger partial charge in [-0.25, -0.2) is 13.8 Å². The van der Waals surface area contributed by atoms with Gasteiger partial charge in [0.25, 0.3) is 12.0 Å². The van der Waals surface area contributed by atoms with Gasteiger partial charge in [0.05, 0.1) is 10.9 Å². The number of hydrogen-bond acceptors (Lipinski definition) is 2.